The van der Waals surface area contributed by atoms with Crippen LogP contribution in [0, 0.1) is 18.5 Å². The minimum absolute atomic E-state index is 0. The minimum atomic E-state index is -0.545. The average Bonchev–Trinajstić information content (AvgIpc) is 1.60. The molecule has 0 saturated heterocycles. The maximum atomic E-state index is 10.3. The van der Waals surface area contributed by atoms with Crippen molar-refractivity contribution in [2.24, 2.45) is 0 Å². The first-order valence-corrected chi connectivity index (χ1v) is 30.2. The van der Waals surface area contributed by atoms with Crippen LogP contribution in [0.3, 0.4) is 0 Å². The Morgan fingerprint density at radius 3 is 1.55 bits per heavy atom. The first-order chi connectivity index (χ1) is 45.5. The van der Waals surface area contributed by atoms with Crippen LogP contribution in [-0.2, 0) is 42.7 Å². The molecule has 1 aliphatic heterocycles. The van der Waals surface area contributed by atoms with E-state index in [9.17, 15) is 11.0 Å². The molecule has 1 aliphatic rings. The van der Waals surface area contributed by atoms with Crippen molar-refractivity contribution in [3.63, 3.8) is 0 Å². The van der Waals surface area contributed by atoms with Gasteiger partial charge in [0, 0.05) is 60.7 Å². The molecule has 10 aromatic carbocycles. The van der Waals surface area contributed by atoms with Crippen molar-refractivity contribution in [1.29, 1.82) is 0 Å². The number of pyridine rings is 1. The van der Waals surface area contributed by atoms with Crippen LogP contribution in [0.2, 0.25) is 0 Å². The van der Waals surface area contributed by atoms with Gasteiger partial charge < -0.3 is 18.4 Å². The molecule has 5 heterocycles. The van der Waals surface area contributed by atoms with Crippen LogP contribution in [-0.4, -0.2) is 18.7 Å². The van der Waals surface area contributed by atoms with E-state index >= 15 is 0 Å². The summed E-state index contributed by atoms with van der Waals surface area (Å²) in [6.07, 6.45) is 5.75. The molecule has 0 unspecified atom stereocenters. The van der Waals surface area contributed by atoms with Crippen LogP contribution in [0.15, 0.2) is 212 Å². The van der Waals surface area contributed by atoms with Gasteiger partial charge in [-0.1, -0.05) is 222 Å². The smallest absolute Gasteiger partial charge is 0.268 e. The molecule has 89 heavy (non-hydrogen) atoms. The van der Waals surface area contributed by atoms with Crippen LogP contribution in [0.25, 0.3) is 122 Å². The molecule has 0 atom stereocenters. The zero-order valence-corrected chi connectivity index (χ0v) is 54.3. The van der Waals surface area contributed by atoms with Gasteiger partial charge >= 0.3 is 0 Å². The maximum Gasteiger partial charge on any atom is 0.268 e. The first kappa shape index (κ1) is 48.9. The number of ether oxygens (including phenoxy) is 1. The van der Waals surface area contributed by atoms with E-state index < -0.39 is 41.7 Å². The molecule has 14 aromatic rings. The molecular weight excluding hydrogens is 1270 g/mol. The van der Waals surface area contributed by atoms with Gasteiger partial charge in [0.2, 0.25) is 0 Å². The largest absolute Gasteiger partial charge is 0.510 e. The molecule has 0 aliphatic carbocycles. The second-order valence-corrected chi connectivity index (χ2v) is 27.6. The molecule has 15 rings (SSSR count). The summed E-state index contributed by atoms with van der Waals surface area (Å²) >= 11 is 0. The number of aromatic nitrogens is 5. The van der Waals surface area contributed by atoms with Crippen molar-refractivity contribution < 1.29 is 41.3 Å². The average molecular weight is 1350 g/mol. The number of nitrogens with zero attached hydrogens (tertiary/aromatic N) is 5. The normalized spacial score (nSPS) is 13.9. The van der Waals surface area contributed by atoms with Gasteiger partial charge in [0.15, 0.2) is 0 Å². The van der Waals surface area contributed by atoms with E-state index in [0.717, 1.165) is 82.8 Å². The second kappa shape index (κ2) is 21.0. The van der Waals surface area contributed by atoms with E-state index in [1.807, 2.05) is 88.1 Å². The second-order valence-electron chi connectivity index (χ2n) is 27.6. The van der Waals surface area contributed by atoms with E-state index in [1.54, 1.807) is 0 Å². The molecule has 442 valence electrons. The van der Waals surface area contributed by atoms with Crippen molar-refractivity contribution in [2.45, 2.75) is 105 Å². The van der Waals surface area contributed by atoms with Crippen molar-refractivity contribution >= 4 is 54.6 Å². The molecule has 0 bridgehead atoms. The SMILES string of the molecule is [2H]c1c([2H])c([2H])c2c(c1[2H])-c1cc(C(C)(C)C)cc(-c3cc(C(C)(C)C)cc(C(C)(C)C)c3)c1-[n+]1[c-]n(-c3[c-]c(Oc4[c-]c5c(cc4)c4ccccc4n5-c4cc(C(C)(C)C)ccn4)ccc3)c3cc(-n4c5ccccc5c5ccccc54)cc(c31)-c1c([2H])c([2H])c([2H])c([2H])c1-2.[Pt]. The zero-order chi connectivity index (χ0) is 67.7. The number of benzene rings is 10. The van der Waals surface area contributed by atoms with E-state index in [4.69, 9.17) is 9.72 Å². The van der Waals surface area contributed by atoms with Gasteiger partial charge in [0.25, 0.3) is 6.33 Å². The molecule has 0 spiro atoms. The Morgan fingerprint density at radius 1 is 0.438 bits per heavy atom. The quantitative estimate of drug-likeness (QED) is 0.123. The summed E-state index contributed by atoms with van der Waals surface area (Å²) in [7, 11) is 0. The number of para-hydroxylation sites is 3. The third kappa shape index (κ3) is 9.74. The molecule has 4 aromatic heterocycles. The van der Waals surface area contributed by atoms with Gasteiger partial charge in [-0.25, -0.2) is 4.98 Å². The van der Waals surface area contributed by atoms with Crippen molar-refractivity contribution in [1.82, 2.24) is 18.7 Å². The van der Waals surface area contributed by atoms with Crippen LogP contribution < -0.4 is 9.30 Å². The van der Waals surface area contributed by atoms with E-state index in [0.29, 0.717) is 50.7 Å². The van der Waals surface area contributed by atoms with Crippen LogP contribution in [0.4, 0.5) is 0 Å². The van der Waals surface area contributed by atoms with Gasteiger partial charge in [-0.05, 0) is 142 Å². The number of hydrogen-bond donors (Lipinski definition) is 0. The fraction of sp³-hybridized carbons (Fsp3) is 0.195. The first-order valence-electron chi connectivity index (χ1n) is 34.2. The molecule has 0 radical (unpaired) electrons. The summed E-state index contributed by atoms with van der Waals surface area (Å²) in [5.41, 5.74) is 11.5. The molecule has 6 nitrogen and oxygen atoms in total. The number of fused-ring (bicyclic) bond motifs is 13. The zero-order valence-electron chi connectivity index (χ0n) is 60.0. The van der Waals surface area contributed by atoms with Crippen LogP contribution in [0.5, 0.6) is 11.5 Å². The topological polar surface area (TPSA) is 40.8 Å². The molecule has 0 N–H and O–H groups in total. The monoisotopic (exact) mass is 1340 g/mol. The Hall–Kier alpha value is -9.09. The Kier molecular flexibility index (Phi) is 11.5. The fourth-order valence-electron chi connectivity index (χ4n) is 12.8. The maximum absolute atomic E-state index is 10.3. The predicted octanol–water partition coefficient (Wildman–Crippen LogP) is 20.9. The summed E-state index contributed by atoms with van der Waals surface area (Å²) in [6, 6.07) is 57.1. The van der Waals surface area contributed by atoms with Crippen LogP contribution in [0.1, 0.15) is 116 Å². The number of rotatable bonds is 6. The Bertz CT molecular complexity index is 5590. The third-order valence-corrected chi connectivity index (χ3v) is 17.5. The summed E-state index contributed by atoms with van der Waals surface area (Å²) < 4.78 is 93.9. The number of imidazole rings is 1. The Labute approximate surface area is 548 Å². The van der Waals surface area contributed by atoms with Gasteiger partial charge in [0.05, 0.1) is 38.7 Å². The standard InChI is InChI=1S/C82H71N5O.Pt/c1-79(2,3)52-38-39-83-76(45-52)87-73-35-22-19-32-66(73)67-37-36-59(49-74(67)87)88-58-25-23-24-56(46-58)84-50-85-77-68(51-40-53(80(4,5)6)42-54(41-51)81(7,8)9)43-55(82(10,11)12)44-69(77)62-28-15-13-26-60(62)61-27-14-16-29-63(61)70-47-57(48-75(84)78(70)85)86-71-33-20-17-30-64(71)65-31-18-21-34-72(65)86;/h13-45,47-48H,1-12H3;/q-2;/i13D,14D,15D,16D,26D,27D,28D,29D;. The van der Waals surface area contributed by atoms with Crippen molar-refractivity contribution in [3.8, 4) is 78.9 Å². The van der Waals surface area contributed by atoms with Gasteiger partial charge in [-0.2, -0.15) is 18.2 Å². The van der Waals surface area contributed by atoms with Gasteiger partial charge in [-0.15, -0.1) is 29.7 Å². The fourth-order valence-corrected chi connectivity index (χ4v) is 12.8. The third-order valence-electron chi connectivity index (χ3n) is 17.5. The summed E-state index contributed by atoms with van der Waals surface area (Å²) in [5, 5.41) is 4.03. The minimum Gasteiger partial charge on any atom is -0.510 e. The van der Waals surface area contributed by atoms with E-state index in [-0.39, 0.29) is 71.6 Å². The molecule has 7 heteroatoms. The Balaban J connectivity index is 0.00000807. The van der Waals surface area contributed by atoms with E-state index in [2.05, 4.69) is 196 Å². The number of hydrogen-bond acceptors (Lipinski definition) is 2. The molecule has 0 saturated carbocycles. The Morgan fingerprint density at radius 2 is 0.955 bits per heavy atom. The molecular formula is C82H71N5OPt-2. The molecule has 0 amide bonds. The summed E-state index contributed by atoms with van der Waals surface area (Å²) in [5.74, 6) is 1.57. The van der Waals surface area contributed by atoms with Gasteiger partial charge in [0.1, 0.15) is 5.82 Å². The van der Waals surface area contributed by atoms with Crippen molar-refractivity contribution in [2.75, 3.05) is 0 Å². The summed E-state index contributed by atoms with van der Waals surface area (Å²) in [4.78, 5) is 4.92. The van der Waals surface area contributed by atoms with Crippen LogP contribution >= 0.6 is 0 Å². The van der Waals surface area contributed by atoms with E-state index in [1.165, 1.54) is 0 Å². The predicted molar refractivity (Wildman–Crippen MR) is 364 cm³/mol. The molecule has 0 fully saturated rings. The van der Waals surface area contributed by atoms with Gasteiger partial charge in [-0.3, -0.25) is 4.57 Å². The summed E-state index contributed by atoms with van der Waals surface area (Å²) in [6.45, 7) is 26.1. The van der Waals surface area contributed by atoms with Crippen molar-refractivity contribution in [3.05, 3.63) is 253 Å².